The molecule has 0 unspecified atom stereocenters. The predicted octanol–water partition coefficient (Wildman–Crippen LogP) is 0.330. The van der Waals surface area contributed by atoms with Crippen molar-refractivity contribution in [2.24, 2.45) is 5.14 Å². The molecule has 1 amide bonds. The molecule has 0 aliphatic heterocycles. The highest BCUT2D eigenvalue weighted by atomic mass is 35.5. The fourth-order valence-corrected chi connectivity index (χ4v) is 1.65. The van der Waals surface area contributed by atoms with Crippen LogP contribution < -0.4 is 10.5 Å². The van der Waals surface area contributed by atoms with Crippen LogP contribution in [0.4, 0.5) is 0 Å². The lowest BCUT2D eigenvalue weighted by Crippen LogP contribution is -2.22. The molecule has 0 aliphatic rings. The first kappa shape index (κ1) is 12.0. The van der Waals surface area contributed by atoms with Crippen molar-refractivity contribution in [3.05, 3.63) is 16.8 Å². The first-order valence-electron chi connectivity index (χ1n) is 3.96. The van der Waals surface area contributed by atoms with Gasteiger partial charge in [0.05, 0.1) is 5.56 Å². The summed E-state index contributed by atoms with van der Waals surface area (Å²) in [6, 6.07) is 0.989. The second-order valence-electron chi connectivity index (χ2n) is 2.66. The summed E-state index contributed by atoms with van der Waals surface area (Å²) in [5, 5.41) is 6.42. The summed E-state index contributed by atoms with van der Waals surface area (Å²) in [4.78, 5) is 11.3. The summed E-state index contributed by atoms with van der Waals surface area (Å²) in [6.45, 7) is 2.11. The summed E-state index contributed by atoms with van der Waals surface area (Å²) >= 11 is 5.53. The van der Waals surface area contributed by atoms with Crippen molar-refractivity contribution >= 4 is 27.5 Å². The van der Waals surface area contributed by atoms with E-state index in [1.54, 1.807) is 6.92 Å². The minimum Gasteiger partial charge on any atom is -0.431 e. The largest absolute Gasteiger partial charge is 0.431 e. The van der Waals surface area contributed by atoms with Crippen LogP contribution in [-0.4, -0.2) is 20.9 Å². The molecule has 0 saturated carbocycles. The van der Waals surface area contributed by atoms with Crippen molar-refractivity contribution in [3.8, 4) is 0 Å². The van der Waals surface area contributed by atoms with E-state index in [1.807, 2.05) is 0 Å². The van der Waals surface area contributed by atoms with Crippen LogP contribution in [0.25, 0.3) is 0 Å². The Morgan fingerprint density at radius 2 is 2.27 bits per heavy atom. The molecule has 1 heterocycles. The molecule has 0 spiro atoms. The van der Waals surface area contributed by atoms with Crippen molar-refractivity contribution in [2.75, 3.05) is 6.54 Å². The molecule has 1 aromatic rings. The maximum atomic E-state index is 11.3. The van der Waals surface area contributed by atoms with Gasteiger partial charge >= 0.3 is 0 Å². The third kappa shape index (κ3) is 2.71. The van der Waals surface area contributed by atoms with Crippen molar-refractivity contribution < 1.29 is 17.6 Å². The van der Waals surface area contributed by atoms with Gasteiger partial charge < -0.3 is 9.73 Å². The minimum absolute atomic E-state index is 0.0532. The molecule has 15 heavy (non-hydrogen) atoms. The van der Waals surface area contributed by atoms with Crippen molar-refractivity contribution in [1.82, 2.24) is 5.32 Å². The van der Waals surface area contributed by atoms with E-state index in [4.69, 9.17) is 16.7 Å². The summed E-state index contributed by atoms with van der Waals surface area (Å²) in [7, 11) is -3.98. The maximum absolute atomic E-state index is 11.3. The van der Waals surface area contributed by atoms with E-state index in [0.717, 1.165) is 6.07 Å². The van der Waals surface area contributed by atoms with Gasteiger partial charge in [0, 0.05) is 12.6 Å². The molecule has 84 valence electrons. The number of furan rings is 1. The summed E-state index contributed by atoms with van der Waals surface area (Å²) in [5.74, 6) is -0.513. The van der Waals surface area contributed by atoms with E-state index < -0.39 is 21.0 Å². The first-order chi connectivity index (χ1) is 6.86. The molecule has 0 aromatic carbocycles. The van der Waals surface area contributed by atoms with E-state index in [0.29, 0.717) is 6.54 Å². The molecule has 0 fully saturated rings. The number of hydrogen-bond acceptors (Lipinski definition) is 4. The third-order valence-electron chi connectivity index (χ3n) is 1.53. The molecular weight excluding hydrogens is 244 g/mol. The molecule has 1 aromatic heterocycles. The Hall–Kier alpha value is -1.05. The maximum Gasteiger partial charge on any atom is 0.271 e. The molecular formula is C7H9ClN2O4S. The normalized spacial score (nSPS) is 11.4. The van der Waals surface area contributed by atoms with E-state index >= 15 is 0 Å². The van der Waals surface area contributed by atoms with Gasteiger partial charge in [-0.15, -0.1) is 0 Å². The smallest absolute Gasteiger partial charge is 0.271 e. The second kappa shape index (κ2) is 4.21. The average Bonchev–Trinajstić information content (AvgIpc) is 2.47. The first-order valence-corrected chi connectivity index (χ1v) is 5.89. The van der Waals surface area contributed by atoms with Crippen LogP contribution in [0, 0.1) is 0 Å². The van der Waals surface area contributed by atoms with Gasteiger partial charge in [0.15, 0.2) is 0 Å². The molecule has 0 bridgehead atoms. The number of carbonyl (C=O) groups excluding carboxylic acids is 1. The monoisotopic (exact) mass is 252 g/mol. The van der Waals surface area contributed by atoms with Gasteiger partial charge in [-0.2, -0.15) is 0 Å². The highest BCUT2D eigenvalue weighted by Crippen LogP contribution is 2.23. The molecule has 0 radical (unpaired) electrons. The molecule has 0 aliphatic carbocycles. The number of nitrogens with one attached hydrogen (secondary N) is 1. The van der Waals surface area contributed by atoms with Gasteiger partial charge in [0.1, 0.15) is 0 Å². The number of sulfonamides is 1. The average molecular weight is 253 g/mol. The number of halogens is 1. The number of nitrogens with two attached hydrogens (primary N) is 1. The lowest BCUT2D eigenvalue weighted by Gasteiger charge is -1.97. The zero-order valence-corrected chi connectivity index (χ0v) is 9.35. The highest BCUT2D eigenvalue weighted by molar-refractivity contribution is 7.89. The van der Waals surface area contributed by atoms with E-state index in [-0.39, 0.29) is 10.8 Å². The fourth-order valence-electron chi connectivity index (χ4n) is 0.898. The van der Waals surface area contributed by atoms with Crippen molar-refractivity contribution in [2.45, 2.75) is 12.0 Å². The SMILES string of the molecule is CCNC(=O)c1cc(S(N)(=O)=O)oc1Cl. The number of carbonyl (C=O) groups is 1. The van der Waals surface area contributed by atoms with Crippen LogP contribution >= 0.6 is 11.6 Å². The minimum atomic E-state index is -3.98. The zero-order valence-electron chi connectivity index (χ0n) is 7.78. The van der Waals surface area contributed by atoms with Crippen LogP contribution in [0.3, 0.4) is 0 Å². The molecule has 3 N–H and O–H groups in total. The number of primary sulfonamides is 1. The molecule has 1 rings (SSSR count). The van der Waals surface area contributed by atoms with Crippen LogP contribution in [0.2, 0.25) is 5.22 Å². The summed E-state index contributed by atoms with van der Waals surface area (Å²) < 4.78 is 26.4. The zero-order chi connectivity index (χ0) is 11.6. The van der Waals surface area contributed by atoms with Crippen molar-refractivity contribution in [3.63, 3.8) is 0 Å². The number of hydrogen-bond donors (Lipinski definition) is 2. The Morgan fingerprint density at radius 1 is 1.67 bits per heavy atom. The fraction of sp³-hybridized carbons (Fsp3) is 0.286. The Bertz CT molecular complexity index is 479. The Morgan fingerprint density at radius 3 is 2.67 bits per heavy atom. The summed E-state index contributed by atoms with van der Waals surface area (Å²) in [5.41, 5.74) is -0.0532. The van der Waals surface area contributed by atoms with E-state index in [9.17, 15) is 13.2 Å². The van der Waals surface area contributed by atoms with Gasteiger partial charge in [-0.3, -0.25) is 4.79 Å². The van der Waals surface area contributed by atoms with Gasteiger partial charge in [0.25, 0.3) is 15.9 Å². The van der Waals surface area contributed by atoms with E-state index in [1.165, 1.54) is 0 Å². The Kier molecular flexibility index (Phi) is 3.38. The lowest BCUT2D eigenvalue weighted by molar-refractivity contribution is 0.0955. The van der Waals surface area contributed by atoms with Crippen LogP contribution in [0.15, 0.2) is 15.6 Å². The second-order valence-corrected chi connectivity index (χ2v) is 4.49. The molecule has 8 heteroatoms. The van der Waals surface area contributed by atoms with Crippen molar-refractivity contribution in [1.29, 1.82) is 0 Å². The highest BCUT2D eigenvalue weighted by Gasteiger charge is 2.21. The van der Waals surface area contributed by atoms with Crippen LogP contribution in [0.1, 0.15) is 17.3 Å². The topological polar surface area (TPSA) is 102 Å². The predicted molar refractivity (Wildman–Crippen MR) is 53.1 cm³/mol. The summed E-state index contributed by atoms with van der Waals surface area (Å²) in [6.07, 6.45) is 0. The lowest BCUT2D eigenvalue weighted by atomic mass is 10.3. The van der Waals surface area contributed by atoms with Crippen LogP contribution in [0.5, 0.6) is 0 Å². The van der Waals surface area contributed by atoms with Crippen LogP contribution in [-0.2, 0) is 10.0 Å². The Balaban J connectivity index is 3.13. The van der Waals surface area contributed by atoms with Gasteiger partial charge in [-0.25, -0.2) is 13.6 Å². The van der Waals surface area contributed by atoms with Gasteiger partial charge in [0.2, 0.25) is 10.3 Å². The van der Waals surface area contributed by atoms with Gasteiger partial charge in [-0.1, -0.05) is 0 Å². The third-order valence-corrected chi connectivity index (χ3v) is 2.57. The van der Waals surface area contributed by atoms with Gasteiger partial charge in [-0.05, 0) is 18.5 Å². The molecule has 0 atom stereocenters. The number of rotatable bonds is 3. The molecule has 6 nitrogen and oxygen atoms in total. The quantitative estimate of drug-likeness (QED) is 0.809. The van der Waals surface area contributed by atoms with E-state index in [2.05, 4.69) is 9.73 Å². The number of amides is 1. The standard InChI is InChI=1S/C7H9ClN2O4S/c1-2-10-7(11)4-3-5(14-6(4)8)15(9,12)13/h3H,2H2,1H3,(H,10,11)(H2,9,12,13). The Labute approximate surface area is 91.4 Å². The molecule has 0 saturated heterocycles.